The number of benzene rings is 3. The third-order valence-electron chi connectivity index (χ3n) is 5.95. The molecule has 6 nitrogen and oxygen atoms in total. The molecule has 168 valence electrons. The van der Waals surface area contributed by atoms with Gasteiger partial charge in [-0.25, -0.2) is 0 Å². The molecular formula is C26H30N2O4. The minimum atomic E-state index is 0.0130. The Hall–Kier alpha value is -3.09. The van der Waals surface area contributed by atoms with Crippen molar-refractivity contribution in [3.8, 4) is 11.5 Å². The monoisotopic (exact) mass is 434 g/mol. The fourth-order valence-corrected chi connectivity index (χ4v) is 4.21. The zero-order chi connectivity index (χ0) is 22.3. The number of rotatable bonds is 8. The van der Waals surface area contributed by atoms with Crippen LogP contribution in [0.2, 0.25) is 0 Å². The van der Waals surface area contributed by atoms with Gasteiger partial charge in [-0.2, -0.15) is 0 Å². The SMILES string of the molecule is COc1ccc(C(CNC(=O)Cc2ccc3ccccc3c2)N2CCOCC2)cc1OC. The van der Waals surface area contributed by atoms with Gasteiger partial charge in [-0.05, 0) is 34.0 Å². The van der Waals surface area contributed by atoms with E-state index in [1.807, 2.05) is 36.4 Å². The van der Waals surface area contributed by atoms with Gasteiger partial charge in [-0.3, -0.25) is 9.69 Å². The molecule has 0 saturated carbocycles. The summed E-state index contributed by atoms with van der Waals surface area (Å²) in [4.78, 5) is 15.1. The van der Waals surface area contributed by atoms with Gasteiger partial charge in [-0.1, -0.05) is 48.5 Å². The Bertz CT molecular complexity index is 1060. The van der Waals surface area contributed by atoms with Crippen molar-refractivity contribution in [3.63, 3.8) is 0 Å². The van der Waals surface area contributed by atoms with Gasteiger partial charge in [0.05, 0.1) is 39.9 Å². The van der Waals surface area contributed by atoms with Crippen LogP contribution < -0.4 is 14.8 Å². The summed E-state index contributed by atoms with van der Waals surface area (Å²) in [5.41, 5.74) is 2.09. The van der Waals surface area contributed by atoms with Gasteiger partial charge >= 0.3 is 0 Å². The van der Waals surface area contributed by atoms with Crippen LogP contribution in [-0.2, 0) is 16.0 Å². The number of fused-ring (bicyclic) bond motifs is 1. The average Bonchev–Trinajstić information content (AvgIpc) is 2.84. The fourth-order valence-electron chi connectivity index (χ4n) is 4.21. The molecule has 1 N–H and O–H groups in total. The molecule has 1 atom stereocenters. The van der Waals surface area contributed by atoms with Gasteiger partial charge in [-0.15, -0.1) is 0 Å². The summed E-state index contributed by atoms with van der Waals surface area (Å²) in [7, 11) is 3.26. The maximum absolute atomic E-state index is 12.8. The number of carbonyl (C=O) groups excluding carboxylic acids is 1. The molecule has 1 heterocycles. The lowest BCUT2D eigenvalue weighted by Gasteiger charge is -2.35. The predicted molar refractivity (Wildman–Crippen MR) is 125 cm³/mol. The quantitative estimate of drug-likeness (QED) is 0.587. The normalized spacial score (nSPS) is 15.3. The van der Waals surface area contributed by atoms with Crippen molar-refractivity contribution in [2.45, 2.75) is 12.5 Å². The number of amides is 1. The maximum Gasteiger partial charge on any atom is 0.224 e. The number of hydrogen-bond donors (Lipinski definition) is 1. The van der Waals surface area contributed by atoms with Gasteiger partial charge in [0.1, 0.15) is 0 Å². The molecule has 3 aromatic carbocycles. The first-order valence-electron chi connectivity index (χ1n) is 11.0. The number of nitrogens with zero attached hydrogens (tertiary/aromatic N) is 1. The van der Waals surface area contributed by atoms with Crippen molar-refractivity contribution in [2.75, 3.05) is 47.1 Å². The van der Waals surface area contributed by atoms with Crippen LogP contribution in [0.1, 0.15) is 17.2 Å². The highest BCUT2D eigenvalue weighted by Crippen LogP contribution is 2.32. The van der Waals surface area contributed by atoms with Gasteiger partial charge in [0.15, 0.2) is 11.5 Å². The standard InChI is InChI=1S/C26H30N2O4/c1-30-24-10-9-22(17-25(24)31-2)23(28-11-13-32-14-12-28)18-27-26(29)16-19-7-8-20-5-3-4-6-21(20)15-19/h3-10,15,17,23H,11-14,16,18H2,1-2H3,(H,27,29). The second-order valence-corrected chi connectivity index (χ2v) is 7.94. The summed E-state index contributed by atoms with van der Waals surface area (Å²) in [5.74, 6) is 1.39. The lowest BCUT2D eigenvalue weighted by atomic mass is 10.0. The first kappa shape index (κ1) is 22.1. The third-order valence-corrected chi connectivity index (χ3v) is 5.95. The van der Waals surface area contributed by atoms with E-state index in [4.69, 9.17) is 14.2 Å². The minimum Gasteiger partial charge on any atom is -0.493 e. The summed E-state index contributed by atoms with van der Waals surface area (Å²) in [5, 5.41) is 5.47. The van der Waals surface area contributed by atoms with Crippen molar-refractivity contribution in [1.82, 2.24) is 10.2 Å². The molecule has 32 heavy (non-hydrogen) atoms. The summed E-state index contributed by atoms with van der Waals surface area (Å²) in [6, 6.07) is 20.3. The lowest BCUT2D eigenvalue weighted by Crippen LogP contribution is -2.44. The van der Waals surface area contributed by atoms with E-state index in [1.165, 1.54) is 5.39 Å². The van der Waals surface area contributed by atoms with Crippen LogP contribution in [0.5, 0.6) is 11.5 Å². The highest BCUT2D eigenvalue weighted by Gasteiger charge is 2.24. The second-order valence-electron chi connectivity index (χ2n) is 7.94. The van der Waals surface area contributed by atoms with Gasteiger partial charge < -0.3 is 19.5 Å². The number of ether oxygens (including phenoxy) is 3. The molecule has 1 aliphatic heterocycles. The number of nitrogens with one attached hydrogen (secondary N) is 1. The summed E-state index contributed by atoms with van der Waals surface area (Å²) in [6.45, 7) is 3.53. The molecule has 0 radical (unpaired) electrons. The van der Waals surface area contributed by atoms with E-state index in [2.05, 4.69) is 34.5 Å². The van der Waals surface area contributed by atoms with Crippen LogP contribution in [0.25, 0.3) is 10.8 Å². The molecule has 0 spiro atoms. The van der Waals surface area contributed by atoms with E-state index in [9.17, 15) is 4.79 Å². The number of morpholine rings is 1. The first-order chi connectivity index (χ1) is 15.7. The van der Waals surface area contributed by atoms with E-state index in [-0.39, 0.29) is 11.9 Å². The zero-order valence-electron chi connectivity index (χ0n) is 18.7. The van der Waals surface area contributed by atoms with Crippen LogP contribution in [0.15, 0.2) is 60.7 Å². The van der Waals surface area contributed by atoms with Gasteiger partial charge in [0, 0.05) is 19.6 Å². The minimum absolute atomic E-state index is 0.0130. The maximum atomic E-state index is 12.8. The van der Waals surface area contributed by atoms with Gasteiger partial charge in [0.2, 0.25) is 5.91 Å². The van der Waals surface area contributed by atoms with Crippen molar-refractivity contribution in [2.24, 2.45) is 0 Å². The smallest absolute Gasteiger partial charge is 0.224 e. The molecule has 1 amide bonds. The Labute approximate surface area is 189 Å². The predicted octanol–water partition coefficient (Wildman–Crippen LogP) is 3.59. The number of carbonyl (C=O) groups is 1. The first-order valence-corrected chi connectivity index (χ1v) is 11.0. The molecule has 1 saturated heterocycles. The van der Waals surface area contributed by atoms with Crippen molar-refractivity contribution in [1.29, 1.82) is 0 Å². The van der Waals surface area contributed by atoms with E-state index in [0.717, 1.165) is 29.6 Å². The lowest BCUT2D eigenvalue weighted by molar-refractivity contribution is -0.120. The Morgan fingerprint density at radius 3 is 2.47 bits per heavy atom. The van der Waals surface area contributed by atoms with E-state index < -0.39 is 0 Å². The zero-order valence-corrected chi connectivity index (χ0v) is 18.7. The molecule has 3 aromatic rings. The molecular weight excluding hydrogens is 404 g/mol. The Morgan fingerprint density at radius 2 is 1.72 bits per heavy atom. The molecule has 0 aromatic heterocycles. The summed E-state index contributed by atoms with van der Waals surface area (Å²) in [6.07, 6.45) is 0.354. The second kappa shape index (κ2) is 10.5. The van der Waals surface area contributed by atoms with Crippen molar-refractivity contribution in [3.05, 3.63) is 71.8 Å². The highest BCUT2D eigenvalue weighted by molar-refractivity contribution is 5.85. The topological polar surface area (TPSA) is 60.0 Å². The van der Waals surface area contributed by atoms with Crippen LogP contribution in [0, 0.1) is 0 Å². The molecule has 1 unspecified atom stereocenters. The van der Waals surface area contributed by atoms with Gasteiger partial charge in [0.25, 0.3) is 0 Å². The molecule has 6 heteroatoms. The van der Waals surface area contributed by atoms with Crippen LogP contribution >= 0.6 is 0 Å². The molecule has 0 bridgehead atoms. The van der Waals surface area contributed by atoms with E-state index in [1.54, 1.807) is 14.2 Å². The summed E-state index contributed by atoms with van der Waals surface area (Å²) >= 11 is 0. The van der Waals surface area contributed by atoms with E-state index >= 15 is 0 Å². The van der Waals surface area contributed by atoms with Crippen molar-refractivity contribution < 1.29 is 19.0 Å². The van der Waals surface area contributed by atoms with Crippen LogP contribution in [0.3, 0.4) is 0 Å². The Balaban J connectivity index is 1.47. The number of methoxy groups -OCH3 is 2. The molecule has 4 rings (SSSR count). The average molecular weight is 435 g/mol. The van der Waals surface area contributed by atoms with Crippen LogP contribution in [0.4, 0.5) is 0 Å². The molecule has 1 aliphatic rings. The Kier molecular flexibility index (Phi) is 7.24. The molecule has 1 fully saturated rings. The highest BCUT2D eigenvalue weighted by atomic mass is 16.5. The largest absolute Gasteiger partial charge is 0.493 e. The third kappa shape index (κ3) is 5.21. The summed E-state index contributed by atoms with van der Waals surface area (Å²) < 4.78 is 16.4. The van der Waals surface area contributed by atoms with E-state index in [0.29, 0.717) is 37.7 Å². The van der Waals surface area contributed by atoms with Crippen molar-refractivity contribution >= 4 is 16.7 Å². The van der Waals surface area contributed by atoms with Crippen LogP contribution in [-0.4, -0.2) is 57.9 Å². The number of hydrogen-bond acceptors (Lipinski definition) is 5. The fraction of sp³-hybridized carbons (Fsp3) is 0.346. The Morgan fingerprint density at radius 1 is 0.969 bits per heavy atom. The molecule has 0 aliphatic carbocycles.